The summed E-state index contributed by atoms with van der Waals surface area (Å²) >= 11 is 1.36. The largest absolute Gasteiger partial charge is 0.464 e. The quantitative estimate of drug-likeness (QED) is 0.487. The summed E-state index contributed by atoms with van der Waals surface area (Å²) in [7, 11) is 0. The lowest BCUT2D eigenvalue weighted by Crippen LogP contribution is -2.27. The van der Waals surface area contributed by atoms with E-state index in [-0.39, 0.29) is 16.6 Å². The van der Waals surface area contributed by atoms with E-state index in [2.05, 4.69) is 0 Å². The van der Waals surface area contributed by atoms with Gasteiger partial charge in [-0.1, -0.05) is 13.8 Å². The van der Waals surface area contributed by atoms with Crippen molar-refractivity contribution >= 4 is 24.0 Å². The molecule has 1 saturated heterocycles. The van der Waals surface area contributed by atoms with Crippen LogP contribution in [0.15, 0.2) is 0 Å². The van der Waals surface area contributed by atoms with Crippen molar-refractivity contribution in [1.29, 1.82) is 0 Å². The van der Waals surface area contributed by atoms with Gasteiger partial charge in [-0.3, -0.25) is 4.79 Å². The maximum absolute atomic E-state index is 11.1. The van der Waals surface area contributed by atoms with Gasteiger partial charge in [-0.2, -0.15) is 0 Å². The SMILES string of the molecule is CC1(C)COC(=O)C1SCC=O. The normalized spacial score (nSPS) is 26.8. The predicted octanol–water partition coefficient (Wildman–Crippen LogP) is 0.870. The molecule has 68 valence electrons. The fourth-order valence-electron chi connectivity index (χ4n) is 1.16. The van der Waals surface area contributed by atoms with Gasteiger partial charge in [0.15, 0.2) is 0 Å². The number of ether oxygens (including phenoxy) is 1. The van der Waals surface area contributed by atoms with E-state index < -0.39 is 0 Å². The maximum atomic E-state index is 11.1. The summed E-state index contributed by atoms with van der Waals surface area (Å²) in [5.41, 5.74) is -0.134. The molecule has 0 N–H and O–H groups in total. The molecule has 1 aliphatic heterocycles. The summed E-state index contributed by atoms with van der Waals surface area (Å²) in [5.74, 6) is 0.176. The van der Waals surface area contributed by atoms with Crippen LogP contribution in [0.1, 0.15) is 13.8 Å². The average Bonchev–Trinajstić information content (AvgIpc) is 2.24. The van der Waals surface area contributed by atoms with Crippen molar-refractivity contribution < 1.29 is 14.3 Å². The van der Waals surface area contributed by atoms with Crippen molar-refractivity contribution in [2.45, 2.75) is 19.1 Å². The van der Waals surface area contributed by atoms with Crippen LogP contribution in [0.4, 0.5) is 0 Å². The smallest absolute Gasteiger partial charge is 0.319 e. The van der Waals surface area contributed by atoms with Crippen molar-refractivity contribution in [2.75, 3.05) is 12.4 Å². The van der Waals surface area contributed by atoms with Crippen LogP contribution < -0.4 is 0 Å². The van der Waals surface area contributed by atoms with Gasteiger partial charge in [-0.05, 0) is 0 Å². The molecule has 4 heteroatoms. The Morgan fingerprint density at radius 2 is 2.42 bits per heavy atom. The van der Waals surface area contributed by atoms with Crippen molar-refractivity contribution in [3.63, 3.8) is 0 Å². The Morgan fingerprint density at radius 1 is 1.75 bits per heavy atom. The van der Waals surface area contributed by atoms with Gasteiger partial charge in [0.2, 0.25) is 0 Å². The van der Waals surface area contributed by atoms with Gasteiger partial charge in [0.1, 0.15) is 11.5 Å². The molecule has 0 aliphatic carbocycles. The average molecular weight is 188 g/mol. The second-order valence-electron chi connectivity index (χ2n) is 3.48. The molecule has 0 saturated carbocycles. The number of esters is 1. The highest BCUT2D eigenvalue weighted by Gasteiger charge is 2.43. The molecule has 0 bridgehead atoms. The highest BCUT2D eigenvalue weighted by molar-refractivity contribution is 8.01. The zero-order chi connectivity index (χ0) is 9.19. The van der Waals surface area contributed by atoms with Crippen LogP contribution in [0, 0.1) is 5.41 Å². The van der Waals surface area contributed by atoms with E-state index in [4.69, 9.17) is 4.74 Å². The lowest BCUT2D eigenvalue weighted by Gasteiger charge is -2.19. The Balaban J connectivity index is 2.58. The van der Waals surface area contributed by atoms with Crippen molar-refractivity contribution in [1.82, 2.24) is 0 Å². The maximum Gasteiger partial charge on any atom is 0.319 e. The lowest BCUT2D eigenvalue weighted by atomic mass is 9.92. The second-order valence-corrected chi connectivity index (χ2v) is 4.61. The van der Waals surface area contributed by atoms with Crippen LogP contribution >= 0.6 is 11.8 Å². The van der Waals surface area contributed by atoms with Crippen LogP contribution in [0.2, 0.25) is 0 Å². The monoisotopic (exact) mass is 188 g/mol. The van der Waals surface area contributed by atoms with E-state index >= 15 is 0 Å². The van der Waals surface area contributed by atoms with Crippen LogP contribution in [0.25, 0.3) is 0 Å². The van der Waals surface area contributed by atoms with E-state index in [1.165, 1.54) is 11.8 Å². The minimum Gasteiger partial charge on any atom is -0.464 e. The summed E-state index contributed by atoms with van der Waals surface area (Å²) in [5, 5.41) is -0.178. The first-order valence-electron chi connectivity index (χ1n) is 3.80. The number of hydrogen-bond donors (Lipinski definition) is 0. The number of carbonyl (C=O) groups is 2. The molecule has 0 aromatic carbocycles. The molecule has 1 aliphatic rings. The van der Waals surface area contributed by atoms with Crippen molar-refractivity contribution in [3.8, 4) is 0 Å². The molecular weight excluding hydrogens is 176 g/mol. The Bertz CT molecular complexity index is 200. The summed E-state index contributed by atoms with van der Waals surface area (Å²) in [6, 6.07) is 0. The number of aldehydes is 1. The Hall–Kier alpha value is -0.510. The summed E-state index contributed by atoms with van der Waals surface area (Å²) in [4.78, 5) is 21.2. The molecule has 0 amide bonds. The fourth-order valence-corrected chi connectivity index (χ4v) is 2.15. The van der Waals surface area contributed by atoms with E-state index in [0.29, 0.717) is 12.4 Å². The number of thioether (sulfide) groups is 1. The molecule has 0 aromatic heterocycles. The second kappa shape index (κ2) is 3.47. The zero-order valence-corrected chi connectivity index (χ0v) is 8.02. The minimum absolute atomic E-state index is 0.134. The highest BCUT2D eigenvalue weighted by Crippen LogP contribution is 2.36. The molecular formula is C8H12O3S. The third kappa shape index (κ3) is 1.80. The number of carbonyl (C=O) groups excluding carboxylic acids is 2. The highest BCUT2D eigenvalue weighted by atomic mass is 32.2. The molecule has 1 atom stereocenters. The van der Waals surface area contributed by atoms with Crippen LogP contribution in [-0.4, -0.2) is 29.9 Å². The molecule has 0 spiro atoms. The van der Waals surface area contributed by atoms with E-state index in [1.54, 1.807) is 0 Å². The standard InChI is InChI=1S/C8H12O3S/c1-8(2)5-11-7(10)6(8)12-4-3-9/h3,6H,4-5H2,1-2H3. The van der Waals surface area contributed by atoms with Gasteiger partial charge < -0.3 is 9.53 Å². The van der Waals surface area contributed by atoms with Crippen molar-refractivity contribution in [2.24, 2.45) is 5.41 Å². The first-order valence-corrected chi connectivity index (χ1v) is 4.84. The summed E-state index contributed by atoms with van der Waals surface area (Å²) in [6.07, 6.45) is 0.812. The fraction of sp³-hybridized carbons (Fsp3) is 0.750. The van der Waals surface area contributed by atoms with E-state index in [0.717, 1.165) is 6.29 Å². The number of rotatable bonds is 3. The molecule has 1 fully saturated rings. The Kier molecular flexibility index (Phi) is 2.77. The predicted molar refractivity (Wildman–Crippen MR) is 47.1 cm³/mol. The van der Waals surface area contributed by atoms with Crippen LogP contribution in [-0.2, 0) is 14.3 Å². The minimum atomic E-state index is -0.188. The summed E-state index contributed by atoms with van der Waals surface area (Å²) in [6.45, 7) is 4.41. The van der Waals surface area contributed by atoms with Gasteiger partial charge >= 0.3 is 5.97 Å². The van der Waals surface area contributed by atoms with E-state index in [1.807, 2.05) is 13.8 Å². The molecule has 1 unspecified atom stereocenters. The molecule has 1 rings (SSSR count). The van der Waals surface area contributed by atoms with Gasteiger partial charge in [0, 0.05) is 5.41 Å². The van der Waals surface area contributed by atoms with Crippen LogP contribution in [0.3, 0.4) is 0 Å². The number of cyclic esters (lactones) is 1. The van der Waals surface area contributed by atoms with Gasteiger partial charge in [0.05, 0.1) is 12.4 Å². The Morgan fingerprint density at radius 3 is 2.83 bits per heavy atom. The molecule has 12 heavy (non-hydrogen) atoms. The lowest BCUT2D eigenvalue weighted by molar-refractivity contribution is -0.137. The molecule has 0 radical (unpaired) electrons. The van der Waals surface area contributed by atoms with Gasteiger partial charge in [-0.25, -0.2) is 0 Å². The van der Waals surface area contributed by atoms with E-state index in [9.17, 15) is 9.59 Å². The first-order chi connectivity index (χ1) is 5.58. The first kappa shape index (κ1) is 9.58. The summed E-state index contributed by atoms with van der Waals surface area (Å²) < 4.78 is 4.90. The molecule has 3 nitrogen and oxygen atoms in total. The third-order valence-electron chi connectivity index (χ3n) is 1.84. The van der Waals surface area contributed by atoms with Gasteiger partial charge in [0.25, 0.3) is 0 Å². The van der Waals surface area contributed by atoms with Gasteiger partial charge in [-0.15, -0.1) is 11.8 Å². The number of hydrogen-bond acceptors (Lipinski definition) is 4. The Labute approximate surface area is 75.8 Å². The topological polar surface area (TPSA) is 43.4 Å². The van der Waals surface area contributed by atoms with Crippen LogP contribution in [0.5, 0.6) is 0 Å². The molecule has 1 heterocycles. The zero-order valence-electron chi connectivity index (χ0n) is 7.20. The van der Waals surface area contributed by atoms with Crippen molar-refractivity contribution in [3.05, 3.63) is 0 Å². The third-order valence-corrected chi connectivity index (χ3v) is 3.33. The molecule has 0 aromatic rings.